The van der Waals surface area contributed by atoms with E-state index in [1.54, 1.807) is 13.2 Å². The Hall–Kier alpha value is -1.22. The van der Waals surface area contributed by atoms with E-state index in [1.165, 1.54) is 0 Å². The van der Waals surface area contributed by atoms with Gasteiger partial charge < -0.3 is 10.1 Å². The van der Waals surface area contributed by atoms with Gasteiger partial charge in [0.25, 0.3) is 0 Å². The quantitative estimate of drug-likeness (QED) is 0.902. The number of carbonyl (C=O) groups excluding carboxylic acids is 1. The van der Waals surface area contributed by atoms with Crippen LogP contribution in [0.5, 0.6) is 5.75 Å². The normalized spacial score (nSPS) is 11.1. The van der Waals surface area contributed by atoms with E-state index < -0.39 is 5.41 Å². The fourth-order valence-corrected chi connectivity index (χ4v) is 1.57. The van der Waals surface area contributed by atoms with Crippen molar-refractivity contribution in [3.8, 4) is 5.75 Å². The Morgan fingerprint density at radius 1 is 1.41 bits per heavy atom. The Kier molecular flexibility index (Phi) is 4.40. The van der Waals surface area contributed by atoms with Crippen LogP contribution in [0, 0.1) is 5.41 Å². The molecule has 1 aromatic rings. The zero-order chi connectivity index (χ0) is 13.1. The molecule has 0 spiro atoms. The van der Waals surface area contributed by atoms with Crippen LogP contribution in [0.3, 0.4) is 0 Å². The molecule has 0 aromatic heterocycles. The Morgan fingerprint density at radius 2 is 2.06 bits per heavy atom. The minimum absolute atomic E-state index is 0.0144. The van der Waals surface area contributed by atoms with Gasteiger partial charge in [-0.25, -0.2) is 0 Å². The van der Waals surface area contributed by atoms with E-state index in [4.69, 9.17) is 16.3 Å². The number of halogens is 1. The first-order valence-corrected chi connectivity index (χ1v) is 5.83. The number of benzene rings is 1. The van der Waals surface area contributed by atoms with Crippen LogP contribution in [-0.2, 0) is 11.3 Å². The highest BCUT2D eigenvalue weighted by atomic mass is 35.5. The molecular formula is C13H18ClNO2. The molecular weight excluding hydrogens is 238 g/mol. The van der Waals surface area contributed by atoms with Crippen LogP contribution in [0.4, 0.5) is 0 Å². The molecule has 0 aliphatic heterocycles. The molecule has 3 nitrogen and oxygen atoms in total. The fourth-order valence-electron chi connectivity index (χ4n) is 1.34. The van der Waals surface area contributed by atoms with Gasteiger partial charge in [-0.1, -0.05) is 38.4 Å². The molecule has 94 valence electrons. The zero-order valence-corrected chi connectivity index (χ0v) is 11.4. The van der Waals surface area contributed by atoms with Crippen molar-refractivity contribution >= 4 is 17.5 Å². The number of rotatable bonds is 3. The van der Waals surface area contributed by atoms with Gasteiger partial charge in [0.2, 0.25) is 5.91 Å². The topological polar surface area (TPSA) is 38.3 Å². The first-order valence-electron chi connectivity index (χ1n) is 5.46. The maximum Gasteiger partial charge on any atom is 0.225 e. The molecule has 0 saturated carbocycles. The highest BCUT2D eigenvalue weighted by Gasteiger charge is 2.21. The third-order valence-electron chi connectivity index (χ3n) is 2.40. The van der Waals surface area contributed by atoms with Crippen molar-refractivity contribution in [2.45, 2.75) is 27.3 Å². The molecule has 0 saturated heterocycles. The van der Waals surface area contributed by atoms with Gasteiger partial charge in [-0.2, -0.15) is 0 Å². The highest BCUT2D eigenvalue weighted by molar-refractivity contribution is 6.31. The van der Waals surface area contributed by atoms with Crippen LogP contribution in [0.15, 0.2) is 18.2 Å². The minimum Gasteiger partial charge on any atom is -0.496 e. The second-order valence-electron chi connectivity index (χ2n) is 4.85. The Bertz CT molecular complexity index is 410. The molecule has 0 bridgehead atoms. The standard InChI is InChI=1S/C13H18ClNO2/c1-13(2,3)12(16)15-8-9-10(14)6-5-7-11(9)17-4/h5-7H,8H2,1-4H3,(H,15,16). The predicted molar refractivity (Wildman–Crippen MR) is 69.3 cm³/mol. The summed E-state index contributed by atoms with van der Waals surface area (Å²) in [5.41, 5.74) is 0.392. The number of carbonyl (C=O) groups is 1. The van der Waals surface area contributed by atoms with Crippen molar-refractivity contribution in [2.24, 2.45) is 5.41 Å². The first kappa shape index (κ1) is 13.8. The summed E-state index contributed by atoms with van der Waals surface area (Å²) in [7, 11) is 1.58. The third-order valence-corrected chi connectivity index (χ3v) is 2.76. The summed E-state index contributed by atoms with van der Waals surface area (Å²) in [4.78, 5) is 11.8. The number of hydrogen-bond acceptors (Lipinski definition) is 2. The lowest BCUT2D eigenvalue weighted by molar-refractivity contribution is -0.128. The summed E-state index contributed by atoms with van der Waals surface area (Å²) in [6, 6.07) is 5.42. The summed E-state index contributed by atoms with van der Waals surface area (Å²) in [5, 5.41) is 3.45. The van der Waals surface area contributed by atoms with Gasteiger partial charge in [0.1, 0.15) is 5.75 Å². The Balaban J connectivity index is 2.79. The molecule has 0 aliphatic rings. The van der Waals surface area contributed by atoms with Crippen molar-refractivity contribution in [3.63, 3.8) is 0 Å². The molecule has 1 aromatic carbocycles. The number of amides is 1. The van der Waals surface area contributed by atoms with Gasteiger partial charge in [-0.15, -0.1) is 0 Å². The summed E-state index contributed by atoms with van der Waals surface area (Å²) >= 11 is 6.07. The second-order valence-corrected chi connectivity index (χ2v) is 5.26. The van der Waals surface area contributed by atoms with Gasteiger partial charge in [-0.05, 0) is 12.1 Å². The zero-order valence-electron chi connectivity index (χ0n) is 10.6. The number of nitrogens with one attached hydrogen (secondary N) is 1. The SMILES string of the molecule is COc1cccc(Cl)c1CNC(=O)C(C)(C)C. The first-order chi connectivity index (χ1) is 7.86. The minimum atomic E-state index is -0.408. The summed E-state index contributed by atoms with van der Waals surface area (Å²) < 4.78 is 5.21. The van der Waals surface area contributed by atoms with Gasteiger partial charge >= 0.3 is 0 Å². The molecule has 0 radical (unpaired) electrons. The molecule has 1 rings (SSSR count). The predicted octanol–water partition coefficient (Wildman–Crippen LogP) is 3.01. The van der Waals surface area contributed by atoms with Crippen LogP contribution < -0.4 is 10.1 Å². The van der Waals surface area contributed by atoms with Crippen LogP contribution >= 0.6 is 11.6 Å². The summed E-state index contributed by atoms with van der Waals surface area (Å²) in [5.74, 6) is 0.672. The highest BCUT2D eigenvalue weighted by Crippen LogP contribution is 2.26. The molecule has 0 heterocycles. The lowest BCUT2D eigenvalue weighted by Gasteiger charge is -2.18. The van der Waals surface area contributed by atoms with E-state index >= 15 is 0 Å². The summed E-state index contributed by atoms with van der Waals surface area (Å²) in [6.45, 7) is 5.98. The monoisotopic (exact) mass is 255 g/mol. The Morgan fingerprint density at radius 3 is 2.59 bits per heavy atom. The van der Waals surface area contributed by atoms with Gasteiger partial charge in [0.05, 0.1) is 7.11 Å². The van der Waals surface area contributed by atoms with E-state index in [2.05, 4.69) is 5.32 Å². The lowest BCUT2D eigenvalue weighted by Crippen LogP contribution is -2.34. The van der Waals surface area contributed by atoms with Crippen molar-refractivity contribution in [3.05, 3.63) is 28.8 Å². The number of ether oxygens (including phenoxy) is 1. The van der Waals surface area contributed by atoms with Crippen molar-refractivity contribution < 1.29 is 9.53 Å². The van der Waals surface area contributed by atoms with Crippen molar-refractivity contribution in [1.82, 2.24) is 5.32 Å². The fraction of sp³-hybridized carbons (Fsp3) is 0.462. The molecule has 17 heavy (non-hydrogen) atoms. The van der Waals surface area contributed by atoms with Crippen LogP contribution in [-0.4, -0.2) is 13.0 Å². The van der Waals surface area contributed by atoms with E-state index in [0.717, 1.165) is 5.56 Å². The molecule has 1 N–H and O–H groups in total. The van der Waals surface area contributed by atoms with Crippen LogP contribution in [0.2, 0.25) is 5.02 Å². The molecule has 0 aliphatic carbocycles. The van der Waals surface area contributed by atoms with E-state index in [-0.39, 0.29) is 5.91 Å². The molecule has 4 heteroatoms. The average Bonchev–Trinajstić information content (AvgIpc) is 2.25. The number of hydrogen-bond donors (Lipinski definition) is 1. The van der Waals surface area contributed by atoms with E-state index in [0.29, 0.717) is 17.3 Å². The van der Waals surface area contributed by atoms with Crippen molar-refractivity contribution in [1.29, 1.82) is 0 Å². The van der Waals surface area contributed by atoms with Gasteiger partial charge in [0.15, 0.2) is 0 Å². The van der Waals surface area contributed by atoms with E-state index in [9.17, 15) is 4.79 Å². The smallest absolute Gasteiger partial charge is 0.225 e. The number of methoxy groups -OCH3 is 1. The van der Waals surface area contributed by atoms with Crippen LogP contribution in [0.25, 0.3) is 0 Å². The Labute approximate surface area is 107 Å². The maximum absolute atomic E-state index is 11.8. The van der Waals surface area contributed by atoms with Crippen molar-refractivity contribution in [2.75, 3.05) is 7.11 Å². The van der Waals surface area contributed by atoms with Gasteiger partial charge in [-0.3, -0.25) is 4.79 Å². The van der Waals surface area contributed by atoms with Crippen LogP contribution in [0.1, 0.15) is 26.3 Å². The summed E-state index contributed by atoms with van der Waals surface area (Å²) in [6.07, 6.45) is 0. The second kappa shape index (κ2) is 5.41. The molecule has 0 unspecified atom stereocenters. The lowest BCUT2D eigenvalue weighted by atomic mass is 9.95. The third kappa shape index (κ3) is 3.63. The largest absolute Gasteiger partial charge is 0.496 e. The molecule has 1 amide bonds. The maximum atomic E-state index is 11.8. The van der Waals surface area contributed by atoms with E-state index in [1.807, 2.05) is 32.9 Å². The molecule has 0 atom stereocenters. The average molecular weight is 256 g/mol. The van der Waals surface area contributed by atoms with Gasteiger partial charge in [0, 0.05) is 22.5 Å². The molecule has 0 fully saturated rings.